The minimum absolute atomic E-state index is 0.0734. The third-order valence-electron chi connectivity index (χ3n) is 3.43. The molecule has 0 aromatic heterocycles. The normalized spacial score (nSPS) is 20.6. The van der Waals surface area contributed by atoms with Gasteiger partial charge in [-0.05, 0) is 37.0 Å². The molecule has 2 rings (SSSR count). The van der Waals surface area contributed by atoms with Crippen molar-refractivity contribution in [2.75, 3.05) is 13.2 Å². The highest BCUT2D eigenvalue weighted by Crippen LogP contribution is 2.28. The van der Waals surface area contributed by atoms with Gasteiger partial charge >= 0.3 is 0 Å². The SMILES string of the molecule is CCC(N)C(c1ccc(Cl)cc1)N1CCCCO1. The Hall–Kier alpha value is -0.610. The van der Waals surface area contributed by atoms with Crippen LogP contribution in [-0.2, 0) is 4.84 Å². The molecule has 0 amide bonds. The van der Waals surface area contributed by atoms with Gasteiger partial charge in [-0.25, -0.2) is 0 Å². The first-order chi connectivity index (χ1) is 8.72. The quantitative estimate of drug-likeness (QED) is 0.912. The van der Waals surface area contributed by atoms with Crippen molar-refractivity contribution >= 4 is 11.6 Å². The van der Waals surface area contributed by atoms with Crippen molar-refractivity contribution in [1.29, 1.82) is 0 Å². The van der Waals surface area contributed by atoms with E-state index in [0.29, 0.717) is 0 Å². The number of hydrogen-bond donors (Lipinski definition) is 1. The summed E-state index contributed by atoms with van der Waals surface area (Å²) in [6.07, 6.45) is 3.22. The third kappa shape index (κ3) is 3.23. The summed E-state index contributed by atoms with van der Waals surface area (Å²) in [4.78, 5) is 5.77. The molecule has 18 heavy (non-hydrogen) atoms. The summed E-state index contributed by atoms with van der Waals surface area (Å²) in [7, 11) is 0. The number of benzene rings is 1. The highest BCUT2D eigenvalue weighted by molar-refractivity contribution is 6.30. The maximum Gasteiger partial charge on any atom is 0.0752 e. The summed E-state index contributed by atoms with van der Waals surface area (Å²) in [6, 6.07) is 8.10. The summed E-state index contributed by atoms with van der Waals surface area (Å²) in [5.41, 5.74) is 7.44. The molecule has 1 heterocycles. The van der Waals surface area contributed by atoms with Gasteiger partial charge in [0.1, 0.15) is 0 Å². The lowest BCUT2D eigenvalue weighted by Crippen LogP contribution is -2.43. The standard InChI is InChI=1S/C14H21ClN2O/c1-2-13(16)14(17-9-3-4-10-18-17)11-5-7-12(15)8-6-11/h5-8,13-14H,2-4,9-10,16H2,1H3. The Balaban J connectivity index is 2.20. The van der Waals surface area contributed by atoms with E-state index >= 15 is 0 Å². The fraction of sp³-hybridized carbons (Fsp3) is 0.571. The van der Waals surface area contributed by atoms with Crippen LogP contribution in [0.5, 0.6) is 0 Å². The fourth-order valence-electron chi connectivity index (χ4n) is 2.35. The van der Waals surface area contributed by atoms with Crippen LogP contribution in [0.2, 0.25) is 5.02 Å². The van der Waals surface area contributed by atoms with Gasteiger partial charge in [0, 0.05) is 17.6 Å². The van der Waals surface area contributed by atoms with Crippen molar-refractivity contribution in [3.05, 3.63) is 34.9 Å². The Morgan fingerprint density at radius 2 is 2.06 bits per heavy atom. The Morgan fingerprint density at radius 3 is 2.61 bits per heavy atom. The van der Waals surface area contributed by atoms with Crippen molar-refractivity contribution in [2.45, 2.75) is 38.3 Å². The van der Waals surface area contributed by atoms with E-state index in [-0.39, 0.29) is 12.1 Å². The van der Waals surface area contributed by atoms with Crippen LogP contribution in [0.1, 0.15) is 37.8 Å². The Labute approximate surface area is 114 Å². The summed E-state index contributed by atoms with van der Waals surface area (Å²) in [5, 5.41) is 2.79. The molecule has 100 valence electrons. The van der Waals surface area contributed by atoms with Gasteiger partial charge in [-0.3, -0.25) is 4.84 Å². The maximum absolute atomic E-state index is 6.26. The van der Waals surface area contributed by atoms with Crippen LogP contribution in [0.4, 0.5) is 0 Å². The average Bonchev–Trinajstić information content (AvgIpc) is 2.42. The summed E-state index contributed by atoms with van der Waals surface area (Å²) < 4.78 is 0. The van der Waals surface area contributed by atoms with E-state index in [1.165, 1.54) is 12.0 Å². The van der Waals surface area contributed by atoms with Crippen LogP contribution >= 0.6 is 11.6 Å². The number of rotatable bonds is 4. The van der Waals surface area contributed by atoms with Crippen molar-refractivity contribution in [3.8, 4) is 0 Å². The van der Waals surface area contributed by atoms with Crippen LogP contribution in [0.15, 0.2) is 24.3 Å². The molecule has 1 aromatic carbocycles. The van der Waals surface area contributed by atoms with E-state index in [1.54, 1.807) is 0 Å². The fourth-order valence-corrected chi connectivity index (χ4v) is 2.47. The van der Waals surface area contributed by atoms with Gasteiger partial charge in [0.15, 0.2) is 0 Å². The molecule has 2 unspecified atom stereocenters. The molecule has 3 nitrogen and oxygen atoms in total. The molecule has 0 bridgehead atoms. The number of hydroxylamine groups is 2. The summed E-state index contributed by atoms with van der Waals surface area (Å²) in [5.74, 6) is 0. The molecule has 0 aliphatic carbocycles. The number of hydrogen-bond acceptors (Lipinski definition) is 3. The molecular formula is C14H21ClN2O. The van der Waals surface area contributed by atoms with Crippen LogP contribution in [0, 0.1) is 0 Å². The molecule has 1 saturated heterocycles. The zero-order chi connectivity index (χ0) is 13.0. The second-order valence-electron chi connectivity index (χ2n) is 4.75. The lowest BCUT2D eigenvalue weighted by atomic mass is 9.97. The number of halogens is 1. The largest absolute Gasteiger partial charge is 0.326 e. The topological polar surface area (TPSA) is 38.5 Å². The number of nitrogens with zero attached hydrogens (tertiary/aromatic N) is 1. The highest BCUT2D eigenvalue weighted by atomic mass is 35.5. The minimum atomic E-state index is 0.0734. The monoisotopic (exact) mass is 268 g/mol. The lowest BCUT2D eigenvalue weighted by molar-refractivity contribution is -0.212. The molecule has 1 aromatic rings. The molecule has 1 aliphatic heterocycles. The molecule has 2 N–H and O–H groups in total. The molecule has 0 spiro atoms. The molecule has 4 heteroatoms. The third-order valence-corrected chi connectivity index (χ3v) is 3.68. The summed E-state index contributed by atoms with van der Waals surface area (Å²) >= 11 is 5.94. The van der Waals surface area contributed by atoms with Gasteiger partial charge in [0.25, 0.3) is 0 Å². The minimum Gasteiger partial charge on any atom is -0.326 e. The second kappa shape index (κ2) is 6.53. The van der Waals surface area contributed by atoms with Gasteiger partial charge in [-0.2, -0.15) is 5.06 Å². The van der Waals surface area contributed by atoms with Gasteiger partial charge < -0.3 is 5.73 Å². The van der Waals surface area contributed by atoms with Crippen LogP contribution in [0.25, 0.3) is 0 Å². The van der Waals surface area contributed by atoms with Crippen LogP contribution in [-0.4, -0.2) is 24.3 Å². The molecule has 0 saturated carbocycles. The Bertz CT molecular complexity index is 363. The Kier molecular flexibility index (Phi) is 5.01. The van der Waals surface area contributed by atoms with E-state index in [0.717, 1.165) is 31.0 Å². The van der Waals surface area contributed by atoms with Crippen molar-refractivity contribution in [2.24, 2.45) is 5.73 Å². The van der Waals surface area contributed by atoms with E-state index in [1.807, 2.05) is 29.3 Å². The zero-order valence-corrected chi connectivity index (χ0v) is 11.6. The van der Waals surface area contributed by atoms with Gasteiger partial charge in [-0.15, -0.1) is 0 Å². The first-order valence-corrected chi connectivity index (χ1v) is 7.00. The smallest absolute Gasteiger partial charge is 0.0752 e. The average molecular weight is 269 g/mol. The molecule has 1 fully saturated rings. The van der Waals surface area contributed by atoms with Crippen molar-refractivity contribution in [3.63, 3.8) is 0 Å². The van der Waals surface area contributed by atoms with E-state index in [9.17, 15) is 0 Å². The lowest BCUT2D eigenvalue weighted by Gasteiger charge is -2.36. The van der Waals surface area contributed by atoms with E-state index < -0.39 is 0 Å². The molecule has 2 atom stereocenters. The Morgan fingerprint density at radius 1 is 1.33 bits per heavy atom. The van der Waals surface area contributed by atoms with Gasteiger partial charge in [-0.1, -0.05) is 30.7 Å². The number of nitrogens with two attached hydrogens (primary N) is 1. The predicted octanol–water partition coefficient (Wildman–Crippen LogP) is 3.15. The predicted molar refractivity (Wildman–Crippen MR) is 74.4 cm³/mol. The maximum atomic E-state index is 6.26. The second-order valence-corrected chi connectivity index (χ2v) is 5.19. The zero-order valence-electron chi connectivity index (χ0n) is 10.8. The van der Waals surface area contributed by atoms with Gasteiger partial charge in [0.05, 0.1) is 12.6 Å². The van der Waals surface area contributed by atoms with Crippen LogP contribution < -0.4 is 5.73 Å². The van der Waals surface area contributed by atoms with Crippen molar-refractivity contribution < 1.29 is 4.84 Å². The summed E-state index contributed by atoms with van der Waals surface area (Å²) in [6.45, 7) is 3.85. The van der Waals surface area contributed by atoms with E-state index in [2.05, 4.69) is 6.92 Å². The first kappa shape index (κ1) is 13.8. The van der Waals surface area contributed by atoms with Crippen LogP contribution in [0.3, 0.4) is 0 Å². The molecule has 0 radical (unpaired) electrons. The first-order valence-electron chi connectivity index (χ1n) is 6.63. The van der Waals surface area contributed by atoms with E-state index in [4.69, 9.17) is 22.2 Å². The van der Waals surface area contributed by atoms with Crippen molar-refractivity contribution in [1.82, 2.24) is 5.06 Å². The van der Waals surface area contributed by atoms with Gasteiger partial charge in [0.2, 0.25) is 0 Å². The molecular weight excluding hydrogens is 248 g/mol. The molecule has 1 aliphatic rings. The highest BCUT2D eigenvalue weighted by Gasteiger charge is 2.27.